The smallest absolute Gasteiger partial charge is 0.328 e. The number of hydrogen-bond donors (Lipinski definition) is 2. The number of fused-ring (bicyclic) bond motifs is 2. The largest absolute Gasteiger partial charge is 0.489 e. The molecule has 2 aliphatic heterocycles. The fraction of sp³-hybridized carbons (Fsp3) is 0.262. The summed E-state index contributed by atoms with van der Waals surface area (Å²) < 4.78 is 23.6. The number of aryl methyl sites for hydroxylation is 1. The Morgan fingerprint density at radius 1 is 0.925 bits per heavy atom. The van der Waals surface area contributed by atoms with Crippen LogP contribution in [0.25, 0.3) is 11.1 Å². The van der Waals surface area contributed by atoms with Gasteiger partial charge in [0.25, 0.3) is 0 Å². The molecule has 11 heteroatoms. The van der Waals surface area contributed by atoms with Crippen LogP contribution < -0.4 is 24.8 Å². The summed E-state index contributed by atoms with van der Waals surface area (Å²) in [6, 6.07) is 25.7. The SMILES string of the molecule is COC(=O)C(Cc1ccc(-c2ccnc(C)c2C)cc1)NC(=O)[C@@H]1Cc2cc3c(cc2CN1)O[C@@H](c1ccc(OCc2ccc(Cl)c(Cl)c2)cc1)CO3. The maximum absolute atomic E-state index is 13.5. The summed E-state index contributed by atoms with van der Waals surface area (Å²) in [6.45, 7) is 5.20. The van der Waals surface area contributed by atoms with E-state index in [2.05, 4.69) is 22.5 Å². The van der Waals surface area contributed by atoms with E-state index >= 15 is 0 Å². The number of carbonyl (C=O) groups excluding carboxylic acids is 2. The lowest BCUT2D eigenvalue weighted by molar-refractivity contribution is -0.145. The number of benzene rings is 4. The predicted octanol–water partition coefficient (Wildman–Crippen LogP) is 7.68. The second-order valence-electron chi connectivity index (χ2n) is 13.3. The Morgan fingerprint density at radius 2 is 1.68 bits per heavy atom. The quantitative estimate of drug-likeness (QED) is 0.140. The summed E-state index contributed by atoms with van der Waals surface area (Å²) in [6.07, 6.45) is 2.23. The number of hydrogen-bond acceptors (Lipinski definition) is 8. The standard InChI is InChI=1S/C42H39Cl2N3O6/c1-24-25(2)45-15-14-33(24)28-7-4-26(5-8-28)17-37(42(49)50-3)47-41(48)36-18-30-19-38-39(20-31(30)21-46-36)53-40(23-52-38)29-9-11-32(12-10-29)51-22-27-6-13-34(43)35(44)16-27/h4-16,19-20,36-37,40,46H,17-18,21-23H2,1-3H3,(H,47,48)/t36-,37?,40+/m0/s1. The molecule has 5 aromatic rings. The lowest BCUT2D eigenvalue weighted by atomic mass is 9.94. The molecule has 272 valence electrons. The van der Waals surface area contributed by atoms with Crippen LogP contribution in [0.1, 0.15) is 45.2 Å². The van der Waals surface area contributed by atoms with Crippen molar-refractivity contribution in [3.8, 4) is 28.4 Å². The fourth-order valence-corrected chi connectivity index (χ4v) is 6.94. The molecule has 1 unspecified atom stereocenters. The van der Waals surface area contributed by atoms with E-state index < -0.39 is 18.1 Å². The second-order valence-corrected chi connectivity index (χ2v) is 14.1. The lowest BCUT2D eigenvalue weighted by Gasteiger charge is -2.31. The second kappa shape index (κ2) is 15.9. The van der Waals surface area contributed by atoms with E-state index in [9.17, 15) is 9.59 Å². The Morgan fingerprint density at radius 3 is 2.43 bits per heavy atom. The number of pyridine rings is 1. The van der Waals surface area contributed by atoms with Gasteiger partial charge in [-0.1, -0.05) is 65.7 Å². The van der Waals surface area contributed by atoms with E-state index in [1.165, 1.54) is 7.11 Å². The van der Waals surface area contributed by atoms with Crippen LogP contribution in [-0.2, 0) is 40.3 Å². The van der Waals surface area contributed by atoms with Crippen LogP contribution in [0.5, 0.6) is 17.2 Å². The molecule has 0 bridgehead atoms. The maximum atomic E-state index is 13.5. The van der Waals surface area contributed by atoms with Crippen molar-refractivity contribution in [2.24, 2.45) is 0 Å². The predicted molar refractivity (Wildman–Crippen MR) is 204 cm³/mol. The zero-order chi connectivity index (χ0) is 37.1. The highest BCUT2D eigenvalue weighted by atomic mass is 35.5. The van der Waals surface area contributed by atoms with Crippen LogP contribution in [0, 0.1) is 13.8 Å². The van der Waals surface area contributed by atoms with Gasteiger partial charge in [0.15, 0.2) is 17.6 Å². The molecular formula is C42H39Cl2N3O6. The average Bonchev–Trinajstić information content (AvgIpc) is 3.18. The first-order valence-electron chi connectivity index (χ1n) is 17.4. The Kier molecular flexibility index (Phi) is 10.9. The van der Waals surface area contributed by atoms with Gasteiger partial charge in [-0.3, -0.25) is 9.78 Å². The van der Waals surface area contributed by atoms with Crippen molar-refractivity contribution in [1.82, 2.24) is 15.6 Å². The molecular weight excluding hydrogens is 713 g/mol. The Balaban J connectivity index is 0.956. The highest BCUT2D eigenvalue weighted by Gasteiger charge is 2.31. The maximum Gasteiger partial charge on any atom is 0.328 e. The van der Waals surface area contributed by atoms with Crippen molar-refractivity contribution in [3.63, 3.8) is 0 Å². The van der Waals surface area contributed by atoms with Gasteiger partial charge >= 0.3 is 5.97 Å². The normalized spacial score (nSPS) is 16.6. The molecule has 0 saturated heterocycles. The summed E-state index contributed by atoms with van der Waals surface area (Å²) in [5.74, 6) is 1.23. The number of rotatable bonds is 10. The van der Waals surface area contributed by atoms with Crippen LogP contribution in [-0.4, -0.2) is 42.7 Å². The summed E-state index contributed by atoms with van der Waals surface area (Å²) >= 11 is 12.1. The third-order valence-electron chi connectivity index (χ3n) is 9.81. The molecule has 3 heterocycles. The van der Waals surface area contributed by atoms with Crippen molar-refractivity contribution in [2.75, 3.05) is 13.7 Å². The number of amides is 1. The number of nitrogens with one attached hydrogen (secondary N) is 2. The molecule has 1 aromatic heterocycles. The molecule has 2 aliphatic rings. The van der Waals surface area contributed by atoms with Crippen LogP contribution in [0.4, 0.5) is 0 Å². The van der Waals surface area contributed by atoms with Crippen LogP contribution in [0.2, 0.25) is 10.0 Å². The minimum absolute atomic E-state index is 0.273. The molecule has 3 atom stereocenters. The number of esters is 1. The first-order valence-corrected chi connectivity index (χ1v) is 18.2. The van der Waals surface area contributed by atoms with E-state index in [1.807, 2.05) is 79.7 Å². The van der Waals surface area contributed by atoms with Crippen molar-refractivity contribution < 1.29 is 28.5 Å². The van der Waals surface area contributed by atoms with E-state index in [1.54, 1.807) is 18.3 Å². The first-order chi connectivity index (χ1) is 25.6. The number of carbonyl (C=O) groups is 2. The lowest BCUT2D eigenvalue weighted by Crippen LogP contribution is -2.53. The van der Waals surface area contributed by atoms with Gasteiger partial charge in [0.2, 0.25) is 5.91 Å². The molecule has 1 amide bonds. The topological polar surface area (TPSA) is 108 Å². The first kappa shape index (κ1) is 36.3. The average molecular weight is 753 g/mol. The summed E-state index contributed by atoms with van der Waals surface area (Å²) in [7, 11) is 1.33. The van der Waals surface area contributed by atoms with E-state index in [0.29, 0.717) is 59.9 Å². The van der Waals surface area contributed by atoms with Gasteiger partial charge in [-0.05, 0) is 107 Å². The summed E-state index contributed by atoms with van der Waals surface area (Å²) in [4.78, 5) is 30.7. The van der Waals surface area contributed by atoms with Crippen molar-refractivity contribution in [1.29, 1.82) is 0 Å². The van der Waals surface area contributed by atoms with Crippen molar-refractivity contribution in [3.05, 3.63) is 140 Å². The summed E-state index contributed by atoms with van der Waals surface area (Å²) in [5, 5.41) is 7.26. The Labute approximate surface area is 318 Å². The molecule has 7 rings (SSSR count). The van der Waals surface area contributed by atoms with Gasteiger partial charge in [0, 0.05) is 24.9 Å². The van der Waals surface area contributed by atoms with Crippen LogP contribution in [0.3, 0.4) is 0 Å². The third-order valence-corrected chi connectivity index (χ3v) is 10.5. The molecule has 2 N–H and O–H groups in total. The van der Waals surface area contributed by atoms with Gasteiger partial charge in [-0.25, -0.2) is 4.79 Å². The van der Waals surface area contributed by atoms with Gasteiger partial charge < -0.3 is 29.6 Å². The van der Waals surface area contributed by atoms with Crippen molar-refractivity contribution in [2.45, 2.75) is 58.0 Å². The molecule has 0 spiro atoms. The molecule has 0 radical (unpaired) electrons. The van der Waals surface area contributed by atoms with E-state index in [-0.39, 0.29) is 12.0 Å². The Bertz CT molecular complexity index is 2140. The number of ether oxygens (including phenoxy) is 4. The fourth-order valence-electron chi connectivity index (χ4n) is 6.62. The number of nitrogens with zero attached hydrogens (tertiary/aromatic N) is 1. The number of halogens is 2. The minimum Gasteiger partial charge on any atom is -0.489 e. The Hall–Kier alpha value is -5.09. The van der Waals surface area contributed by atoms with Crippen LogP contribution >= 0.6 is 23.2 Å². The number of aromatic nitrogens is 1. The van der Waals surface area contributed by atoms with E-state index in [0.717, 1.165) is 50.2 Å². The molecule has 0 saturated carbocycles. The highest BCUT2D eigenvalue weighted by molar-refractivity contribution is 6.42. The zero-order valence-corrected chi connectivity index (χ0v) is 31.1. The highest BCUT2D eigenvalue weighted by Crippen LogP contribution is 2.40. The molecule has 53 heavy (non-hydrogen) atoms. The molecule has 9 nitrogen and oxygen atoms in total. The molecule has 0 fully saturated rings. The van der Waals surface area contributed by atoms with Gasteiger partial charge in [0.05, 0.1) is 23.2 Å². The third kappa shape index (κ3) is 8.28. The zero-order valence-electron chi connectivity index (χ0n) is 29.6. The van der Waals surface area contributed by atoms with E-state index in [4.69, 9.17) is 42.1 Å². The monoisotopic (exact) mass is 751 g/mol. The van der Waals surface area contributed by atoms with Crippen molar-refractivity contribution >= 4 is 35.1 Å². The molecule has 0 aliphatic carbocycles. The summed E-state index contributed by atoms with van der Waals surface area (Å²) in [5.41, 5.74) is 9.06. The number of methoxy groups -OCH3 is 1. The van der Waals surface area contributed by atoms with Gasteiger partial charge in [-0.2, -0.15) is 0 Å². The van der Waals surface area contributed by atoms with Crippen LogP contribution in [0.15, 0.2) is 91.1 Å². The van der Waals surface area contributed by atoms with Gasteiger partial charge in [0.1, 0.15) is 25.0 Å². The minimum atomic E-state index is -0.841. The van der Waals surface area contributed by atoms with Gasteiger partial charge in [-0.15, -0.1) is 0 Å². The molecule has 4 aromatic carbocycles.